The second-order valence-corrected chi connectivity index (χ2v) is 5.17. The standard InChI is InChI=1S/C16H13BrN2O/c1-2-11-4-3-5-14(10-11)19-15(16(18)20)12-6-8-13(17)9-7-12/h1,3-10,15,19H,(H2,18,20)/t15-/m1/s1. The lowest BCUT2D eigenvalue weighted by Crippen LogP contribution is -2.27. The van der Waals surface area contributed by atoms with Crippen LogP contribution in [0.2, 0.25) is 0 Å². The van der Waals surface area contributed by atoms with Gasteiger partial charge in [-0.05, 0) is 35.9 Å². The fourth-order valence-corrected chi connectivity index (χ4v) is 2.10. The number of anilines is 1. The molecule has 0 spiro atoms. The molecule has 1 atom stereocenters. The Morgan fingerprint density at radius 2 is 1.95 bits per heavy atom. The number of hydrogen-bond acceptors (Lipinski definition) is 2. The van der Waals surface area contributed by atoms with Gasteiger partial charge in [-0.15, -0.1) is 6.42 Å². The lowest BCUT2D eigenvalue weighted by atomic mass is 10.1. The quantitative estimate of drug-likeness (QED) is 0.847. The average molecular weight is 329 g/mol. The molecule has 100 valence electrons. The Morgan fingerprint density at radius 3 is 2.55 bits per heavy atom. The molecular weight excluding hydrogens is 316 g/mol. The zero-order valence-corrected chi connectivity index (χ0v) is 12.2. The van der Waals surface area contributed by atoms with Crippen molar-refractivity contribution in [3.8, 4) is 12.3 Å². The molecule has 0 aliphatic rings. The third-order valence-electron chi connectivity index (χ3n) is 2.83. The number of carbonyl (C=O) groups is 1. The zero-order valence-electron chi connectivity index (χ0n) is 10.6. The normalized spacial score (nSPS) is 11.4. The van der Waals surface area contributed by atoms with Gasteiger partial charge < -0.3 is 11.1 Å². The molecule has 2 rings (SSSR count). The SMILES string of the molecule is C#Cc1cccc(N[C@@H](C(N)=O)c2ccc(Br)cc2)c1. The molecule has 0 radical (unpaired) electrons. The van der Waals surface area contributed by atoms with Crippen LogP contribution in [0, 0.1) is 12.3 Å². The Hall–Kier alpha value is -2.25. The van der Waals surface area contributed by atoms with Crippen LogP contribution in [0.3, 0.4) is 0 Å². The van der Waals surface area contributed by atoms with E-state index in [9.17, 15) is 4.79 Å². The van der Waals surface area contributed by atoms with Crippen molar-refractivity contribution in [3.05, 3.63) is 64.1 Å². The molecule has 0 aliphatic heterocycles. The lowest BCUT2D eigenvalue weighted by Gasteiger charge is -2.17. The summed E-state index contributed by atoms with van der Waals surface area (Å²) in [5.41, 5.74) is 7.77. The van der Waals surface area contributed by atoms with E-state index in [4.69, 9.17) is 12.2 Å². The first-order valence-corrected chi connectivity index (χ1v) is 6.77. The Morgan fingerprint density at radius 1 is 1.25 bits per heavy atom. The van der Waals surface area contributed by atoms with E-state index in [1.54, 1.807) is 6.07 Å². The van der Waals surface area contributed by atoms with E-state index in [2.05, 4.69) is 27.2 Å². The zero-order chi connectivity index (χ0) is 14.5. The number of nitrogens with one attached hydrogen (secondary N) is 1. The number of benzene rings is 2. The van der Waals surface area contributed by atoms with Crippen LogP contribution in [-0.4, -0.2) is 5.91 Å². The van der Waals surface area contributed by atoms with E-state index in [0.29, 0.717) is 0 Å². The number of hydrogen-bond donors (Lipinski definition) is 2. The maximum Gasteiger partial charge on any atom is 0.244 e. The summed E-state index contributed by atoms with van der Waals surface area (Å²) in [6.45, 7) is 0. The minimum atomic E-state index is -0.601. The van der Waals surface area contributed by atoms with Crippen molar-refractivity contribution in [3.63, 3.8) is 0 Å². The van der Waals surface area contributed by atoms with Crippen LogP contribution in [0.4, 0.5) is 5.69 Å². The molecule has 2 aromatic carbocycles. The van der Waals surface area contributed by atoms with Gasteiger partial charge in [0.2, 0.25) is 5.91 Å². The summed E-state index contributed by atoms with van der Waals surface area (Å²) in [6.07, 6.45) is 5.36. The van der Waals surface area contributed by atoms with Gasteiger partial charge in [0, 0.05) is 15.7 Å². The number of terminal acetylenes is 1. The van der Waals surface area contributed by atoms with Crippen molar-refractivity contribution >= 4 is 27.5 Å². The molecule has 3 nitrogen and oxygen atoms in total. The number of nitrogens with two attached hydrogens (primary N) is 1. The first kappa shape index (κ1) is 14.2. The molecule has 4 heteroatoms. The van der Waals surface area contributed by atoms with Crippen molar-refractivity contribution < 1.29 is 4.79 Å². The Bertz CT molecular complexity index is 659. The van der Waals surface area contributed by atoms with E-state index in [0.717, 1.165) is 21.3 Å². The second kappa shape index (κ2) is 6.27. The molecule has 20 heavy (non-hydrogen) atoms. The highest BCUT2D eigenvalue weighted by atomic mass is 79.9. The van der Waals surface area contributed by atoms with E-state index < -0.39 is 11.9 Å². The van der Waals surface area contributed by atoms with Crippen LogP contribution >= 0.6 is 15.9 Å². The maximum atomic E-state index is 11.7. The van der Waals surface area contributed by atoms with E-state index >= 15 is 0 Å². The fourth-order valence-electron chi connectivity index (χ4n) is 1.84. The molecule has 0 aliphatic carbocycles. The molecule has 0 heterocycles. The second-order valence-electron chi connectivity index (χ2n) is 4.26. The summed E-state index contributed by atoms with van der Waals surface area (Å²) < 4.78 is 0.943. The fraction of sp³-hybridized carbons (Fsp3) is 0.0625. The minimum absolute atomic E-state index is 0.446. The number of halogens is 1. The van der Waals surface area contributed by atoms with Crippen LogP contribution in [0.5, 0.6) is 0 Å². The predicted octanol–water partition coefficient (Wildman–Crippen LogP) is 3.07. The monoisotopic (exact) mass is 328 g/mol. The van der Waals surface area contributed by atoms with Crippen LogP contribution in [0.1, 0.15) is 17.2 Å². The lowest BCUT2D eigenvalue weighted by molar-refractivity contribution is -0.118. The molecule has 0 aromatic heterocycles. The number of carbonyl (C=O) groups excluding carboxylic acids is 1. The first-order valence-electron chi connectivity index (χ1n) is 5.98. The highest BCUT2D eigenvalue weighted by Crippen LogP contribution is 2.22. The number of primary amides is 1. The van der Waals surface area contributed by atoms with E-state index in [-0.39, 0.29) is 0 Å². The smallest absolute Gasteiger partial charge is 0.244 e. The summed E-state index contributed by atoms with van der Waals surface area (Å²) in [5.74, 6) is 2.11. The molecular formula is C16H13BrN2O. The first-order chi connectivity index (χ1) is 9.60. The van der Waals surface area contributed by atoms with Gasteiger partial charge >= 0.3 is 0 Å². The van der Waals surface area contributed by atoms with Gasteiger partial charge in [0.15, 0.2) is 0 Å². The van der Waals surface area contributed by atoms with Gasteiger partial charge in [-0.25, -0.2) is 0 Å². The van der Waals surface area contributed by atoms with Crippen LogP contribution in [-0.2, 0) is 4.79 Å². The van der Waals surface area contributed by atoms with Crippen molar-refractivity contribution in [2.24, 2.45) is 5.73 Å². The summed E-state index contributed by atoms with van der Waals surface area (Å²) in [5, 5.41) is 3.10. The minimum Gasteiger partial charge on any atom is -0.370 e. The Kier molecular flexibility index (Phi) is 4.44. The van der Waals surface area contributed by atoms with Gasteiger partial charge in [0.05, 0.1) is 0 Å². The molecule has 1 amide bonds. The highest BCUT2D eigenvalue weighted by molar-refractivity contribution is 9.10. The van der Waals surface area contributed by atoms with Crippen LogP contribution in [0.25, 0.3) is 0 Å². The molecule has 0 unspecified atom stereocenters. The number of rotatable bonds is 4. The third-order valence-corrected chi connectivity index (χ3v) is 3.36. The van der Waals surface area contributed by atoms with E-state index in [1.807, 2.05) is 42.5 Å². The molecule has 0 fully saturated rings. The molecule has 0 saturated carbocycles. The van der Waals surface area contributed by atoms with Crippen molar-refractivity contribution in [1.29, 1.82) is 0 Å². The third kappa shape index (κ3) is 3.40. The van der Waals surface area contributed by atoms with Crippen LogP contribution in [0.15, 0.2) is 53.0 Å². The number of amides is 1. The largest absolute Gasteiger partial charge is 0.370 e. The molecule has 0 saturated heterocycles. The van der Waals surface area contributed by atoms with Crippen molar-refractivity contribution in [1.82, 2.24) is 0 Å². The Balaban J connectivity index is 2.28. The van der Waals surface area contributed by atoms with E-state index in [1.165, 1.54) is 0 Å². The van der Waals surface area contributed by atoms with Crippen LogP contribution < -0.4 is 11.1 Å². The molecule has 2 aromatic rings. The maximum absolute atomic E-state index is 11.7. The molecule has 0 bridgehead atoms. The van der Waals surface area contributed by atoms with Gasteiger partial charge in [-0.1, -0.05) is 40.0 Å². The predicted molar refractivity (Wildman–Crippen MR) is 84.1 cm³/mol. The summed E-state index contributed by atoms with van der Waals surface area (Å²) >= 11 is 3.36. The summed E-state index contributed by atoms with van der Waals surface area (Å²) in [4.78, 5) is 11.7. The van der Waals surface area contributed by atoms with Gasteiger partial charge in [0.25, 0.3) is 0 Å². The van der Waals surface area contributed by atoms with Crippen molar-refractivity contribution in [2.45, 2.75) is 6.04 Å². The average Bonchev–Trinajstić information content (AvgIpc) is 2.46. The Labute approximate surface area is 126 Å². The van der Waals surface area contributed by atoms with Gasteiger partial charge in [-0.3, -0.25) is 4.79 Å². The van der Waals surface area contributed by atoms with Crippen molar-refractivity contribution in [2.75, 3.05) is 5.32 Å². The highest BCUT2D eigenvalue weighted by Gasteiger charge is 2.17. The van der Waals surface area contributed by atoms with Gasteiger partial charge in [0.1, 0.15) is 6.04 Å². The topological polar surface area (TPSA) is 55.1 Å². The van der Waals surface area contributed by atoms with Gasteiger partial charge in [-0.2, -0.15) is 0 Å². The summed E-state index contributed by atoms with van der Waals surface area (Å²) in [6, 6.07) is 14.1. The summed E-state index contributed by atoms with van der Waals surface area (Å²) in [7, 11) is 0. The molecule has 3 N–H and O–H groups in total.